The number of H-pyrrole nitrogens is 1. The molecule has 1 aliphatic rings. The normalized spacial score (nSPS) is 16.0. The summed E-state index contributed by atoms with van der Waals surface area (Å²) in [6.07, 6.45) is 3.91. The van der Waals surface area contributed by atoms with Gasteiger partial charge in [-0.25, -0.2) is 4.98 Å². The van der Waals surface area contributed by atoms with Gasteiger partial charge in [0.25, 0.3) is 0 Å². The van der Waals surface area contributed by atoms with Crippen LogP contribution in [0, 0.1) is 5.95 Å². The zero-order valence-corrected chi connectivity index (χ0v) is 14.8. The number of benzene rings is 1. The number of hydrogen-bond acceptors (Lipinski definition) is 2. The first kappa shape index (κ1) is 16.3. The number of piperidine rings is 1. The number of hydrogen-bond donors (Lipinski definition) is 2. The minimum atomic E-state index is -0.443. The topological polar surface area (TPSA) is 40.7 Å². The summed E-state index contributed by atoms with van der Waals surface area (Å²) in [5.41, 5.74) is 5.66. The van der Waals surface area contributed by atoms with Crippen LogP contribution >= 0.6 is 0 Å². The predicted molar refractivity (Wildman–Crippen MR) is 100 cm³/mol. The van der Waals surface area contributed by atoms with Gasteiger partial charge in [-0.1, -0.05) is 19.9 Å². The second-order valence-corrected chi connectivity index (χ2v) is 7.26. The van der Waals surface area contributed by atoms with Gasteiger partial charge in [0, 0.05) is 28.7 Å². The fraction of sp³-hybridized carbons (Fsp3) is 0.381. The number of nitrogens with zero attached hydrogens (tertiary/aromatic N) is 1. The van der Waals surface area contributed by atoms with Crippen molar-refractivity contribution in [3.05, 3.63) is 53.6 Å². The van der Waals surface area contributed by atoms with Crippen molar-refractivity contribution in [1.29, 1.82) is 0 Å². The van der Waals surface area contributed by atoms with Gasteiger partial charge in [-0.2, -0.15) is 4.39 Å². The molecule has 4 heteroatoms. The molecule has 0 saturated carbocycles. The van der Waals surface area contributed by atoms with Crippen LogP contribution in [0.5, 0.6) is 0 Å². The molecule has 1 saturated heterocycles. The molecule has 3 aromatic rings. The molecule has 3 nitrogen and oxygen atoms in total. The van der Waals surface area contributed by atoms with Gasteiger partial charge in [0.05, 0.1) is 5.69 Å². The third-order valence-electron chi connectivity index (χ3n) is 5.27. The van der Waals surface area contributed by atoms with Crippen LogP contribution in [-0.2, 0) is 0 Å². The predicted octanol–water partition coefficient (Wildman–Crippen LogP) is 4.96. The average Bonchev–Trinajstić information content (AvgIpc) is 3.01. The highest BCUT2D eigenvalue weighted by molar-refractivity contribution is 5.92. The van der Waals surface area contributed by atoms with Crippen LogP contribution in [0.15, 0.2) is 36.5 Å². The highest BCUT2D eigenvalue weighted by Gasteiger charge is 2.20. The summed E-state index contributed by atoms with van der Waals surface area (Å²) in [7, 11) is 0. The van der Waals surface area contributed by atoms with Crippen molar-refractivity contribution in [2.45, 2.75) is 38.5 Å². The number of fused-ring (bicyclic) bond motifs is 1. The molecule has 1 aliphatic heterocycles. The monoisotopic (exact) mass is 337 g/mol. The highest BCUT2D eigenvalue weighted by Crippen LogP contribution is 2.37. The molecule has 1 aromatic carbocycles. The van der Waals surface area contributed by atoms with E-state index in [1.54, 1.807) is 0 Å². The SMILES string of the molecule is CC(C)c1c(-c2ccnc(F)c2)[nH]c2ccc(C3CCNCC3)cc12. The van der Waals surface area contributed by atoms with Crippen LogP contribution in [0.4, 0.5) is 4.39 Å². The van der Waals surface area contributed by atoms with Crippen LogP contribution in [-0.4, -0.2) is 23.1 Å². The lowest BCUT2D eigenvalue weighted by molar-refractivity contribution is 0.460. The summed E-state index contributed by atoms with van der Waals surface area (Å²) in [5, 5.41) is 4.70. The standard InChI is InChI=1S/C21H24FN3/c1-13(2)20-17-11-15(14-5-8-23-9-6-14)3-4-18(17)25-21(20)16-7-10-24-19(22)12-16/h3-4,7,10-14,23,25H,5-6,8-9H2,1-2H3. The van der Waals surface area contributed by atoms with Gasteiger partial charge in [0.15, 0.2) is 0 Å². The molecule has 0 amide bonds. The van der Waals surface area contributed by atoms with Gasteiger partial charge < -0.3 is 10.3 Å². The highest BCUT2D eigenvalue weighted by atomic mass is 19.1. The van der Waals surface area contributed by atoms with E-state index in [2.05, 4.69) is 47.3 Å². The first-order valence-corrected chi connectivity index (χ1v) is 9.11. The van der Waals surface area contributed by atoms with E-state index in [0.717, 1.165) is 29.9 Å². The van der Waals surface area contributed by atoms with Crippen LogP contribution in [0.1, 0.15) is 49.7 Å². The number of nitrogens with one attached hydrogen (secondary N) is 2. The summed E-state index contributed by atoms with van der Waals surface area (Å²) in [6.45, 7) is 6.57. The minimum Gasteiger partial charge on any atom is -0.354 e. The number of pyridine rings is 1. The van der Waals surface area contributed by atoms with E-state index in [9.17, 15) is 4.39 Å². The van der Waals surface area contributed by atoms with Crippen LogP contribution < -0.4 is 5.32 Å². The van der Waals surface area contributed by atoms with Gasteiger partial charge in [-0.15, -0.1) is 0 Å². The summed E-state index contributed by atoms with van der Waals surface area (Å²) >= 11 is 0. The minimum absolute atomic E-state index is 0.350. The molecule has 2 N–H and O–H groups in total. The van der Waals surface area contributed by atoms with Crippen molar-refractivity contribution in [2.75, 3.05) is 13.1 Å². The molecule has 4 rings (SSSR count). The fourth-order valence-electron chi connectivity index (χ4n) is 4.02. The van der Waals surface area contributed by atoms with E-state index in [1.807, 2.05) is 6.07 Å². The van der Waals surface area contributed by atoms with Crippen molar-refractivity contribution in [3.8, 4) is 11.3 Å². The Kier molecular flexibility index (Phi) is 4.30. The molecule has 0 bridgehead atoms. The second-order valence-electron chi connectivity index (χ2n) is 7.26. The third-order valence-corrected chi connectivity index (χ3v) is 5.27. The molecule has 1 fully saturated rings. The third kappa shape index (κ3) is 3.07. The average molecular weight is 337 g/mol. The van der Waals surface area contributed by atoms with Crippen molar-refractivity contribution >= 4 is 10.9 Å². The van der Waals surface area contributed by atoms with E-state index in [1.165, 1.54) is 41.6 Å². The maximum atomic E-state index is 13.6. The van der Waals surface area contributed by atoms with E-state index in [4.69, 9.17) is 0 Å². The van der Waals surface area contributed by atoms with Crippen molar-refractivity contribution in [2.24, 2.45) is 0 Å². The Hall–Kier alpha value is -2.20. The molecule has 130 valence electrons. The van der Waals surface area contributed by atoms with Gasteiger partial charge >= 0.3 is 0 Å². The van der Waals surface area contributed by atoms with Gasteiger partial charge in [-0.3, -0.25) is 0 Å². The van der Waals surface area contributed by atoms with Gasteiger partial charge in [-0.05, 0) is 67.1 Å². The Bertz CT molecular complexity index is 891. The maximum absolute atomic E-state index is 13.6. The van der Waals surface area contributed by atoms with Crippen molar-refractivity contribution in [1.82, 2.24) is 15.3 Å². The molecular formula is C21H24FN3. The number of rotatable bonds is 3. The first-order valence-electron chi connectivity index (χ1n) is 9.11. The molecule has 3 heterocycles. The molecular weight excluding hydrogens is 313 g/mol. The zero-order valence-electron chi connectivity index (χ0n) is 14.8. The van der Waals surface area contributed by atoms with Gasteiger partial charge in [0.2, 0.25) is 5.95 Å². The lowest BCUT2D eigenvalue weighted by atomic mass is 9.88. The lowest BCUT2D eigenvalue weighted by Gasteiger charge is -2.23. The number of aromatic nitrogens is 2. The fourth-order valence-corrected chi connectivity index (χ4v) is 4.02. The molecule has 0 radical (unpaired) electrons. The van der Waals surface area contributed by atoms with Crippen LogP contribution in [0.2, 0.25) is 0 Å². The van der Waals surface area contributed by atoms with Gasteiger partial charge in [0.1, 0.15) is 0 Å². The smallest absolute Gasteiger partial charge is 0.213 e. The second kappa shape index (κ2) is 6.60. The Labute approximate surface area is 147 Å². The van der Waals surface area contributed by atoms with Crippen LogP contribution in [0.25, 0.3) is 22.2 Å². The summed E-state index contributed by atoms with van der Waals surface area (Å²) in [5.74, 6) is 0.534. The van der Waals surface area contributed by atoms with E-state index in [0.29, 0.717) is 11.8 Å². The summed E-state index contributed by atoms with van der Waals surface area (Å²) < 4.78 is 13.6. The Balaban J connectivity index is 1.85. The van der Waals surface area contributed by atoms with E-state index < -0.39 is 5.95 Å². The van der Waals surface area contributed by atoms with E-state index >= 15 is 0 Å². The quantitative estimate of drug-likeness (QED) is 0.663. The number of halogens is 1. The Morgan fingerprint density at radius 3 is 2.64 bits per heavy atom. The molecule has 2 aromatic heterocycles. The van der Waals surface area contributed by atoms with E-state index in [-0.39, 0.29) is 0 Å². The Morgan fingerprint density at radius 2 is 1.92 bits per heavy atom. The zero-order chi connectivity index (χ0) is 17.4. The van der Waals surface area contributed by atoms with Crippen LogP contribution in [0.3, 0.4) is 0 Å². The largest absolute Gasteiger partial charge is 0.354 e. The Morgan fingerprint density at radius 1 is 1.12 bits per heavy atom. The number of aromatic amines is 1. The molecule has 0 atom stereocenters. The van der Waals surface area contributed by atoms with Crippen molar-refractivity contribution < 1.29 is 4.39 Å². The maximum Gasteiger partial charge on any atom is 0.213 e. The molecule has 0 aliphatic carbocycles. The molecule has 25 heavy (non-hydrogen) atoms. The first-order chi connectivity index (χ1) is 12.1. The molecule has 0 spiro atoms. The molecule has 0 unspecified atom stereocenters. The summed E-state index contributed by atoms with van der Waals surface area (Å²) in [4.78, 5) is 7.19. The summed E-state index contributed by atoms with van der Waals surface area (Å²) in [6, 6.07) is 10.1. The lowest BCUT2D eigenvalue weighted by Crippen LogP contribution is -2.26. The van der Waals surface area contributed by atoms with Crippen molar-refractivity contribution in [3.63, 3.8) is 0 Å².